The second kappa shape index (κ2) is 8.36. The average Bonchev–Trinajstić information content (AvgIpc) is 3.03. The summed E-state index contributed by atoms with van der Waals surface area (Å²) in [6.07, 6.45) is 0. The van der Waals surface area contributed by atoms with Crippen molar-refractivity contribution in [2.45, 2.75) is 18.9 Å². The smallest absolute Gasteiger partial charge is 0.335 e. The van der Waals surface area contributed by atoms with E-state index in [1.165, 1.54) is 27.2 Å². The maximum absolute atomic E-state index is 12.8. The lowest BCUT2D eigenvalue weighted by molar-refractivity contribution is 0.256. The Hall–Kier alpha value is -3.68. The molecule has 0 unspecified atom stereocenters. The largest absolute Gasteiger partial charge is 0.481 e. The van der Waals surface area contributed by atoms with Crippen molar-refractivity contribution in [3.63, 3.8) is 0 Å². The molecule has 0 aliphatic rings. The SMILES string of the molecule is CCOc1ccc2nc(C)c(S(=O)(=O)NC(=O)Nc3nc(OC)cc(OC)n3)n2n1. The van der Waals surface area contributed by atoms with Gasteiger partial charge in [0.2, 0.25) is 28.6 Å². The molecule has 2 amide bonds. The summed E-state index contributed by atoms with van der Waals surface area (Å²) in [6, 6.07) is 3.42. The van der Waals surface area contributed by atoms with E-state index in [9.17, 15) is 13.2 Å². The molecular weight excluding hydrogens is 418 g/mol. The number of nitrogens with one attached hydrogen (secondary N) is 2. The third-order valence-electron chi connectivity index (χ3n) is 3.67. The minimum absolute atomic E-state index is 0.116. The van der Waals surface area contributed by atoms with E-state index in [1.54, 1.807) is 19.1 Å². The highest BCUT2D eigenvalue weighted by Crippen LogP contribution is 2.20. The zero-order valence-corrected chi connectivity index (χ0v) is 17.3. The lowest BCUT2D eigenvalue weighted by Gasteiger charge is -2.10. The Morgan fingerprint density at radius 3 is 2.37 bits per heavy atom. The highest BCUT2D eigenvalue weighted by atomic mass is 32.2. The number of amides is 2. The first-order chi connectivity index (χ1) is 14.3. The molecule has 3 aromatic heterocycles. The summed E-state index contributed by atoms with van der Waals surface area (Å²) in [4.78, 5) is 24.3. The normalized spacial score (nSPS) is 11.2. The Kier molecular flexibility index (Phi) is 5.86. The molecule has 2 N–H and O–H groups in total. The number of rotatable bonds is 7. The minimum Gasteiger partial charge on any atom is -0.481 e. The Labute approximate surface area is 171 Å². The van der Waals surface area contributed by atoms with Crippen molar-refractivity contribution in [3.05, 3.63) is 23.9 Å². The summed E-state index contributed by atoms with van der Waals surface area (Å²) in [5.74, 6) is 0.223. The number of nitrogens with zero attached hydrogens (tertiary/aromatic N) is 5. The number of fused-ring (bicyclic) bond motifs is 1. The molecule has 14 heteroatoms. The van der Waals surface area contributed by atoms with Crippen LogP contribution < -0.4 is 24.2 Å². The number of hydrogen-bond donors (Lipinski definition) is 2. The van der Waals surface area contributed by atoms with Gasteiger partial charge in [-0.05, 0) is 19.9 Å². The molecule has 0 aliphatic heterocycles. The van der Waals surface area contributed by atoms with E-state index in [0.717, 1.165) is 4.52 Å². The number of carbonyl (C=O) groups is 1. The fourth-order valence-electron chi connectivity index (χ4n) is 2.51. The maximum atomic E-state index is 12.8. The van der Waals surface area contributed by atoms with Crippen molar-refractivity contribution in [2.24, 2.45) is 0 Å². The Morgan fingerprint density at radius 1 is 1.10 bits per heavy atom. The molecule has 160 valence electrons. The van der Waals surface area contributed by atoms with Gasteiger partial charge in [0.25, 0.3) is 10.0 Å². The predicted octanol–water partition coefficient (Wildman–Crippen LogP) is 0.754. The summed E-state index contributed by atoms with van der Waals surface area (Å²) >= 11 is 0. The van der Waals surface area contributed by atoms with Crippen LogP contribution in [0.3, 0.4) is 0 Å². The number of aromatic nitrogens is 5. The number of anilines is 1. The van der Waals surface area contributed by atoms with E-state index in [0.29, 0.717) is 6.61 Å². The fraction of sp³-hybridized carbons (Fsp3) is 0.312. The van der Waals surface area contributed by atoms with Gasteiger partial charge in [-0.1, -0.05) is 0 Å². The fourth-order valence-corrected chi connectivity index (χ4v) is 3.69. The Bertz CT molecular complexity index is 1170. The molecule has 0 fully saturated rings. The first kappa shape index (κ1) is 21.0. The molecule has 3 heterocycles. The van der Waals surface area contributed by atoms with Gasteiger partial charge >= 0.3 is 6.03 Å². The zero-order valence-electron chi connectivity index (χ0n) is 16.5. The number of methoxy groups -OCH3 is 2. The van der Waals surface area contributed by atoms with Gasteiger partial charge in [-0.15, -0.1) is 5.10 Å². The number of sulfonamides is 1. The predicted molar refractivity (Wildman–Crippen MR) is 103 cm³/mol. The summed E-state index contributed by atoms with van der Waals surface area (Å²) in [5, 5.41) is 6.03. The van der Waals surface area contributed by atoms with Gasteiger partial charge in [-0.2, -0.15) is 22.9 Å². The summed E-state index contributed by atoms with van der Waals surface area (Å²) < 4.78 is 43.9. The first-order valence-electron chi connectivity index (χ1n) is 8.57. The number of hydrogen-bond acceptors (Lipinski definition) is 10. The topological polar surface area (TPSA) is 159 Å². The van der Waals surface area contributed by atoms with Crippen molar-refractivity contribution in [2.75, 3.05) is 26.1 Å². The van der Waals surface area contributed by atoms with E-state index in [2.05, 4.69) is 25.4 Å². The van der Waals surface area contributed by atoms with Crippen LogP contribution in [0.4, 0.5) is 10.7 Å². The summed E-state index contributed by atoms with van der Waals surface area (Å²) in [5.41, 5.74) is 0.424. The van der Waals surface area contributed by atoms with Gasteiger partial charge in [0.1, 0.15) is 0 Å². The van der Waals surface area contributed by atoms with Gasteiger partial charge in [0, 0.05) is 6.07 Å². The minimum atomic E-state index is -4.35. The molecule has 13 nitrogen and oxygen atoms in total. The van der Waals surface area contributed by atoms with Crippen LogP contribution >= 0.6 is 0 Å². The lowest BCUT2D eigenvalue weighted by atomic mass is 10.5. The lowest BCUT2D eigenvalue weighted by Crippen LogP contribution is -2.36. The van der Waals surface area contributed by atoms with E-state index < -0.39 is 16.1 Å². The molecular formula is C16H19N7O6S. The number of aryl methyl sites for hydroxylation is 1. The Morgan fingerprint density at radius 2 is 1.77 bits per heavy atom. The van der Waals surface area contributed by atoms with E-state index in [1.807, 2.05) is 4.72 Å². The number of imidazole rings is 1. The van der Waals surface area contributed by atoms with Crippen molar-refractivity contribution in [3.8, 4) is 17.6 Å². The highest BCUT2D eigenvalue weighted by Gasteiger charge is 2.27. The van der Waals surface area contributed by atoms with Crippen molar-refractivity contribution >= 4 is 27.6 Å². The second-order valence-corrected chi connectivity index (χ2v) is 7.31. The molecule has 0 atom stereocenters. The van der Waals surface area contributed by atoms with Crippen LogP contribution in [0.2, 0.25) is 0 Å². The molecule has 0 aliphatic carbocycles. The second-order valence-electron chi connectivity index (χ2n) is 5.71. The summed E-state index contributed by atoms with van der Waals surface area (Å²) in [6.45, 7) is 3.60. The monoisotopic (exact) mass is 437 g/mol. The molecule has 30 heavy (non-hydrogen) atoms. The summed E-state index contributed by atoms with van der Waals surface area (Å²) in [7, 11) is -1.62. The van der Waals surface area contributed by atoms with Crippen molar-refractivity contribution in [1.82, 2.24) is 29.3 Å². The van der Waals surface area contributed by atoms with Crippen LogP contribution in [-0.2, 0) is 10.0 Å². The van der Waals surface area contributed by atoms with Crippen LogP contribution in [0, 0.1) is 6.92 Å². The molecule has 0 aromatic carbocycles. The zero-order chi connectivity index (χ0) is 21.9. The Balaban J connectivity index is 1.89. The van der Waals surface area contributed by atoms with Crippen LogP contribution in [-0.4, -0.2) is 59.8 Å². The van der Waals surface area contributed by atoms with Gasteiger partial charge in [-0.25, -0.2) is 14.5 Å². The van der Waals surface area contributed by atoms with Crippen LogP contribution in [0.15, 0.2) is 23.2 Å². The molecule has 0 saturated heterocycles. The highest BCUT2D eigenvalue weighted by molar-refractivity contribution is 7.90. The number of carbonyl (C=O) groups excluding carboxylic acids is 1. The molecule has 3 rings (SSSR count). The average molecular weight is 437 g/mol. The molecule has 3 aromatic rings. The quantitative estimate of drug-likeness (QED) is 0.540. The first-order valence-corrected chi connectivity index (χ1v) is 10.1. The van der Waals surface area contributed by atoms with Gasteiger partial charge in [-0.3, -0.25) is 5.32 Å². The van der Waals surface area contributed by atoms with Gasteiger partial charge in [0.05, 0.1) is 32.6 Å². The van der Waals surface area contributed by atoms with Crippen LogP contribution in [0.25, 0.3) is 5.65 Å². The van der Waals surface area contributed by atoms with Crippen LogP contribution in [0.5, 0.6) is 17.6 Å². The van der Waals surface area contributed by atoms with E-state index in [4.69, 9.17) is 14.2 Å². The number of ether oxygens (including phenoxy) is 3. The van der Waals surface area contributed by atoms with Crippen molar-refractivity contribution < 1.29 is 27.4 Å². The number of urea groups is 1. The molecule has 0 spiro atoms. The van der Waals surface area contributed by atoms with Crippen molar-refractivity contribution in [1.29, 1.82) is 0 Å². The standard InChI is InChI=1S/C16H19N7O6S/c1-5-29-11-7-6-10-17-9(2)14(23(10)21-11)30(25,26)22-16(24)20-15-18-12(27-3)8-13(19-15)28-4/h6-8H,5H2,1-4H3,(H2,18,19,20,22,24). The van der Waals surface area contributed by atoms with E-state index in [-0.39, 0.29) is 40.0 Å². The molecule has 0 bridgehead atoms. The van der Waals surface area contributed by atoms with Crippen LogP contribution in [0.1, 0.15) is 12.6 Å². The van der Waals surface area contributed by atoms with E-state index >= 15 is 0 Å². The molecule has 0 radical (unpaired) electrons. The third kappa shape index (κ3) is 4.32. The molecule has 0 saturated carbocycles. The van der Waals surface area contributed by atoms with Gasteiger partial charge in [0.15, 0.2) is 5.65 Å². The third-order valence-corrected chi connectivity index (χ3v) is 5.10. The maximum Gasteiger partial charge on any atom is 0.335 e. The van der Waals surface area contributed by atoms with Gasteiger partial charge < -0.3 is 14.2 Å².